The number of piperazine rings is 1. The number of benzene rings is 2. The molecule has 0 unspecified atom stereocenters. The second-order valence-electron chi connectivity index (χ2n) is 7.03. The van der Waals surface area contributed by atoms with Crippen molar-refractivity contribution < 1.29 is 13.9 Å². The van der Waals surface area contributed by atoms with Gasteiger partial charge in [-0.25, -0.2) is 8.78 Å². The van der Waals surface area contributed by atoms with E-state index in [1.54, 1.807) is 0 Å². The van der Waals surface area contributed by atoms with E-state index < -0.39 is 11.6 Å². The lowest BCUT2D eigenvalue weighted by molar-refractivity contribution is 0.0493. The Morgan fingerprint density at radius 3 is 2.58 bits per heavy atom. The van der Waals surface area contributed by atoms with E-state index in [0.717, 1.165) is 32.2 Å². The lowest BCUT2D eigenvalue weighted by Gasteiger charge is -2.41. The van der Waals surface area contributed by atoms with E-state index in [-0.39, 0.29) is 12.6 Å². The summed E-state index contributed by atoms with van der Waals surface area (Å²) in [5.74, 6) is -1.04. The fourth-order valence-corrected chi connectivity index (χ4v) is 3.63. The molecular weight excluding hydrogens is 334 g/mol. The van der Waals surface area contributed by atoms with Crippen molar-refractivity contribution >= 4 is 0 Å². The molecule has 1 aliphatic heterocycles. The predicted octanol–water partition coefficient (Wildman–Crippen LogP) is 3.34. The van der Waals surface area contributed by atoms with Gasteiger partial charge in [0.1, 0.15) is 11.6 Å². The molecule has 1 atom stereocenters. The number of aliphatic hydroxyl groups excluding tert-OH is 1. The maximum Gasteiger partial charge on any atom is 0.130 e. The summed E-state index contributed by atoms with van der Waals surface area (Å²) in [6.07, 6.45) is 0.689. The smallest absolute Gasteiger partial charge is 0.130 e. The van der Waals surface area contributed by atoms with Crippen molar-refractivity contribution in [2.75, 3.05) is 26.2 Å². The third kappa shape index (κ3) is 4.67. The Kier molecular flexibility index (Phi) is 6.35. The fraction of sp³-hybridized carbons (Fsp3) is 0.429. The molecule has 0 saturated carbocycles. The summed E-state index contributed by atoms with van der Waals surface area (Å²) in [5, 5.41) is 9.46. The van der Waals surface area contributed by atoms with E-state index in [1.807, 2.05) is 6.07 Å². The molecular formula is C21H26F2N2O. The van der Waals surface area contributed by atoms with Crippen molar-refractivity contribution in [2.24, 2.45) is 0 Å². The molecule has 0 amide bonds. The van der Waals surface area contributed by atoms with E-state index in [0.29, 0.717) is 18.5 Å². The Morgan fingerprint density at radius 2 is 1.85 bits per heavy atom. The van der Waals surface area contributed by atoms with Crippen molar-refractivity contribution in [1.82, 2.24) is 9.80 Å². The van der Waals surface area contributed by atoms with Crippen LogP contribution >= 0.6 is 0 Å². The molecule has 1 fully saturated rings. The molecule has 1 aliphatic rings. The Morgan fingerprint density at radius 1 is 1.04 bits per heavy atom. The summed E-state index contributed by atoms with van der Waals surface area (Å²) < 4.78 is 27.0. The first-order valence-corrected chi connectivity index (χ1v) is 9.12. The number of hydrogen-bond acceptors (Lipinski definition) is 3. The molecule has 0 aromatic heterocycles. The summed E-state index contributed by atoms with van der Waals surface area (Å²) in [4.78, 5) is 4.58. The van der Waals surface area contributed by atoms with Gasteiger partial charge in [-0.05, 0) is 30.5 Å². The fourth-order valence-electron chi connectivity index (χ4n) is 3.63. The summed E-state index contributed by atoms with van der Waals surface area (Å²) in [6.45, 7) is 6.02. The highest BCUT2D eigenvalue weighted by Gasteiger charge is 2.27. The molecule has 3 nitrogen and oxygen atoms in total. The van der Waals surface area contributed by atoms with Crippen molar-refractivity contribution in [2.45, 2.75) is 32.5 Å². The lowest BCUT2D eigenvalue weighted by Crippen LogP contribution is -2.52. The van der Waals surface area contributed by atoms with Gasteiger partial charge in [0.15, 0.2) is 0 Å². The van der Waals surface area contributed by atoms with E-state index in [9.17, 15) is 13.9 Å². The minimum absolute atomic E-state index is 0.133. The largest absolute Gasteiger partial charge is 0.396 e. The first-order valence-electron chi connectivity index (χ1n) is 9.12. The number of halogens is 2. The standard InChI is InChI=1S/C21H26F2N2O/c1-16-4-2-3-5-17(16)14-25-10-9-24(15-20(25)8-11-26)13-18-6-7-19(22)12-21(18)23/h2-7,12,20,26H,8-11,13-15H2,1H3/t20-/m0/s1. The zero-order valence-electron chi connectivity index (χ0n) is 15.2. The van der Waals surface area contributed by atoms with Crippen LogP contribution in [0.4, 0.5) is 8.78 Å². The molecule has 1 saturated heterocycles. The van der Waals surface area contributed by atoms with Crippen molar-refractivity contribution in [1.29, 1.82) is 0 Å². The molecule has 0 spiro atoms. The zero-order valence-corrected chi connectivity index (χ0v) is 15.2. The SMILES string of the molecule is Cc1ccccc1CN1CCN(Cc2ccc(F)cc2F)C[C@@H]1CCO. The van der Waals surface area contributed by atoms with E-state index in [1.165, 1.54) is 23.3 Å². The van der Waals surface area contributed by atoms with Gasteiger partial charge in [0.25, 0.3) is 0 Å². The molecule has 140 valence electrons. The second kappa shape index (κ2) is 8.71. The van der Waals surface area contributed by atoms with E-state index in [2.05, 4.69) is 34.9 Å². The average Bonchev–Trinajstić information content (AvgIpc) is 2.61. The molecule has 26 heavy (non-hydrogen) atoms. The summed E-state index contributed by atoms with van der Waals surface area (Å²) in [6, 6.07) is 12.3. The van der Waals surface area contributed by atoms with Gasteiger partial charge < -0.3 is 5.11 Å². The molecule has 5 heteroatoms. The van der Waals surface area contributed by atoms with Gasteiger partial charge >= 0.3 is 0 Å². The minimum atomic E-state index is -0.549. The van der Waals surface area contributed by atoms with Gasteiger partial charge in [0.2, 0.25) is 0 Å². The van der Waals surface area contributed by atoms with Crippen LogP contribution in [0.5, 0.6) is 0 Å². The highest BCUT2D eigenvalue weighted by molar-refractivity contribution is 5.25. The van der Waals surface area contributed by atoms with E-state index >= 15 is 0 Å². The molecule has 3 rings (SSSR count). The number of aliphatic hydroxyl groups is 1. The van der Waals surface area contributed by atoms with Crippen LogP contribution < -0.4 is 0 Å². The van der Waals surface area contributed by atoms with Crippen LogP contribution in [0, 0.1) is 18.6 Å². The Balaban J connectivity index is 1.66. The topological polar surface area (TPSA) is 26.7 Å². The Hall–Kier alpha value is -1.82. The number of hydrogen-bond donors (Lipinski definition) is 1. The summed E-state index contributed by atoms with van der Waals surface area (Å²) >= 11 is 0. The van der Waals surface area contributed by atoms with Crippen molar-refractivity contribution in [3.05, 3.63) is 70.8 Å². The molecule has 0 radical (unpaired) electrons. The third-order valence-electron chi connectivity index (χ3n) is 5.19. The first-order chi connectivity index (χ1) is 12.6. The molecule has 0 aliphatic carbocycles. The van der Waals surface area contributed by atoms with Crippen molar-refractivity contribution in [3.63, 3.8) is 0 Å². The third-order valence-corrected chi connectivity index (χ3v) is 5.19. The average molecular weight is 360 g/mol. The maximum atomic E-state index is 13.9. The Labute approximate surface area is 153 Å². The molecule has 1 heterocycles. The normalized spacial score (nSPS) is 19.0. The minimum Gasteiger partial charge on any atom is -0.396 e. The van der Waals surface area contributed by atoms with Gasteiger partial charge in [0.05, 0.1) is 0 Å². The quantitative estimate of drug-likeness (QED) is 0.856. The second-order valence-corrected chi connectivity index (χ2v) is 7.03. The lowest BCUT2D eigenvalue weighted by atomic mass is 10.0. The van der Waals surface area contributed by atoms with Gasteiger partial charge in [0, 0.05) is 57.0 Å². The van der Waals surface area contributed by atoms with Crippen LogP contribution in [0.2, 0.25) is 0 Å². The van der Waals surface area contributed by atoms with Crippen molar-refractivity contribution in [3.8, 4) is 0 Å². The maximum absolute atomic E-state index is 13.9. The van der Waals surface area contributed by atoms with Gasteiger partial charge in [-0.1, -0.05) is 30.3 Å². The first kappa shape index (κ1) is 19.0. The van der Waals surface area contributed by atoms with Crippen LogP contribution in [0.1, 0.15) is 23.1 Å². The van der Waals surface area contributed by atoms with E-state index in [4.69, 9.17) is 0 Å². The highest BCUT2D eigenvalue weighted by atomic mass is 19.1. The molecule has 2 aromatic carbocycles. The van der Waals surface area contributed by atoms with Crippen LogP contribution in [0.15, 0.2) is 42.5 Å². The van der Waals surface area contributed by atoms with Gasteiger partial charge in [-0.2, -0.15) is 0 Å². The molecule has 1 N–H and O–H groups in total. The van der Waals surface area contributed by atoms with Crippen LogP contribution in [0.25, 0.3) is 0 Å². The van der Waals surface area contributed by atoms with Gasteiger partial charge in [-0.15, -0.1) is 0 Å². The number of rotatable bonds is 6. The van der Waals surface area contributed by atoms with Crippen LogP contribution in [-0.4, -0.2) is 47.2 Å². The zero-order chi connectivity index (χ0) is 18.5. The molecule has 2 aromatic rings. The monoisotopic (exact) mass is 360 g/mol. The highest BCUT2D eigenvalue weighted by Crippen LogP contribution is 2.21. The van der Waals surface area contributed by atoms with Crippen LogP contribution in [0.3, 0.4) is 0 Å². The number of aryl methyl sites for hydroxylation is 1. The Bertz CT molecular complexity index is 738. The predicted molar refractivity (Wildman–Crippen MR) is 98.7 cm³/mol. The molecule has 0 bridgehead atoms. The van der Waals surface area contributed by atoms with Crippen LogP contribution in [-0.2, 0) is 13.1 Å². The van der Waals surface area contributed by atoms with Gasteiger partial charge in [-0.3, -0.25) is 9.80 Å². The number of nitrogens with zero attached hydrogens (tertiary/aromatic N) is 2. The summed E-state index contributed by atoms with van der Waals surface area (Å²) in [7, 11) is 0. The summed E-state index contributed by atoms with van der Waals surface area (Å²) in [5.41, 5.74) is 3.08.